The molecule has 12 heteroatoms. The Morgan fingerprint density at radius 3 is 2.21 bits per heavy atom. The number of rotatable bonds is 13. The number of nitro benzene ring substituents is 1. The molecule has 2 amide bonds. The van der Waals surface area contributed by atoms with Crippen molar-refractivity contribution in [1.82, 2.24) is 9.80 Å². The van der Waals surface area contributed by atoms with E-state index >= 15 is 0 Å². The third kappa shape index (κ3) is 8.74. The van der Waals surface area contributed by atoms with Gasteiger partial charge in [0.1, 0.15) is 17.6 Å². The van der Waals surface area contributed by atoms with Gasteiger partial charge in [-0.15, -0.1) is 0 Å². The number of hydrogen-bond acceptors (Lipinski definition) is 9. The molecule has 1 fully saturated rings. The first-order valence-electron chi connectivity index (χ1n) is 16.8. The number of β-amino-alcohol motifs (C(OH)–C–C–N with tert-alkyl or cyclic N) is 1. The van der Waals surface area contributed by atoms with Crippen molar-refractivity contribution >= 4 is 40.7 Å². The Kier molecular flexibility index (Phi) is 11.4. The Balaban J connectivity index is 1.21. The number of aliphatic hydroxyl groups excluding tert-OH is 1. The molecule has 2 heterocycles. The van der Waals surface area contributed by atoms with E-state index in [2.05, 4.69) is 20.4 Å². The Morgan fingerprint density at radius 2 is 1.54 bits per heavy atom. The van der Waals surface area contributed by atoms with Crippen LogP contribution in [-0.4, -0.2) is 76.8 Å². The number of benzene rings is 4. The van der Waals surface area contributed by atoms with Crippen LogP contribution < -0.4 is 10.6 Å². The molecule has 12 nitrogen and oxygen atoms in total. The van der Waals surface area contributed by atoms with Gasteiger partial charge in [-0.05, 0) is 54.1 Å². The molecule has 0 bridgehead atoms. The Hall–Kier alpha value is -6.21. The predicted molar refractivity (Wildman–Crippen MR) is 198 cm³/mol. The highest BCUT2D eigenvalue weighted by atomic mass is 16.6. The van der Waals surface area contributed by atoms with E-state index in [1.807, 2.05) is 30.3 Å². The summed E-state index contributed by atoms with van der Waals surface area (Å²) in [6, 6.07) is 31.6. The average molecular weight is 700 g/mol. The van der Waals surface area contributed by atoms with Gasteiger partial charge >= 0.3 is 0 Å². The number of furan rings is 1. The van der Waals surface area contributed by atoms with Crippen LogP contribution in [0.3, 0.4) is 0 Å². The topological polar surface area (TPSA) is 158 Å². The van der Waals surface area contributed by atoms with Gasteiger partial charge in [0.2, 0.25) is 11.8 Å². The maximum atomic E-state index is 14.1. The molecule has 0 aliphatic carbocycles. The summed E-state index contributed by atoms with van der Waals surface area (Å²) < 4.78 is 5.80. The number of aliphatic hydroxyl groups is 1. The summed E-state index contributed by atoms with van der Waals surface area (Å²) in [5.74, 6) is -0.229. The van der Waals surface area contributed by atoms with E-state index in [9.17, 15) is 29.6 Å². The van der Waals surface area contributed by atoms with Crippen LogP contribution in [0, 0.1) is 10.1 Å². The first-order valence-corrected chi connectivity index (χ1v) is 16.8. The molecule has 0 spiro atoms. The number of amides is 2. The zero-order chi connectivity index (χ0) is 36.5. The Morgan fingerprint density at radius 1 is 0.846 bits per heavy atom. The summed E-state index contributed by atoms with van der Waals surface area (Å²) in [5.41, 5.74) is 2.71. The normalized spacial score (nSPS) is 14.2. The number of piperazine rings is 1. The average Bonchev–Trinajstić information content (AvgIpc) is 3.65. The molecule has 1 aliphatic rings. The van der Waals surface area contributed by atoms with Crippen LogP contribution in [0.1, 0.15) is 33.3 Å². The van der Waals surface area contributed by atoms with Gasteiger partial charge in [-0.3, -0.25) is 34.3 Å². The van der Waals surface area contributed by atoms with Gasteiger partial charge < -0.3 is 20.2 Å². The smallest absolute Gasteiger partial charge is 0.269 e. The van der Waals surface area contributed by atoms with Gasteiger partial charge in [0.15, 0.2) is 5.78 Å². The van der Waals surface area contributed by atoms with Gasteiger partial charge in [-0.1, -0.05) is 60.7 Å². The van der Waals surface area contributed by atoms with E-state index in [1.165, 1.54) is 24.3 Å². The number of carbonyl (C=O) groups excluding carboxylic acids is 3. The van der Waals surface area contributed by atoms with Crippen molar-refractivity contribution in [3.8, 4) is 11.3 Å². The molecular formula is C40H37N5O7. The zero-order valence-corrected chi connectivity index (χ0v) is 28.2. The highest BCUT2D eigenvalue weighted by Crippen LogP contribution is 2.29. The lowest BCUT2D eigenvalue weighted by Crippen LogP contribution is -2.50. The lowest BCUT2D eigenvalue weighted by atomic mass is 9.99. The van der Waals surface area contributed by atoms with E-state index in [0.29, 0.717) is 66.7 Å². The number of nitrogens with zero attached hydrogens (tertiary/aromatic N) is 3. The summed E-state index contributed by atoms with van der Waals surface area (Å²) in [4.78, 5) is 55.7. The second-order valence-electron chi connectivity index (χ2n) is 12.2. The number of ketones is 1. The van der Waals surface area contributed by atoms with Crippen molar-refractivity contribution in [1.29, 1.82) is 0 Å². The van der Waals surface area contributed by atoms with Crippen molar-refractivity contribution in [2.75, 3.05) is 50.0 Å². The molecule has 264 valence electrons. The number of nitro groups is 1. The standard InChI is InChI=1S/C40H37N5O7/c46-26-25-43-21-23-44(24-22-43)38(29-7-3-1-4-8-29)40(49)42-35-18-13-31(27-34(35)39(48)30-9-5-2-6-10-30)41-37(47)20-17-33-16-19-36(52-33)28-11-14-32(15-12-28)45(50)51/h1-20,27,38,46H,21-26H2,(H,41,47)(H,42,49)/b20-17+. The van der Waals surface area contributed by atoms with Gasteiger partial charge in [0.25, 0.3) is 5.69 Å². The third-order valence-electron chi connectivity index (χ3n) is 8.77. The van der Waals surface area contributed by atoms with Gasteiger partial charge in [0, 0.05) is 73.3 Å². The van der Waals surface area contributed by atoms with Crippen LogP contribution in [0.5, 0.6) is 0 Å². The molecule has 52 heavy (non-hydrogen) atoms. The van der Waals surface area contributed by atoms with Crippen LogP contribution in [-0.2, 0) is 9.59 Å². The molecule has 0 saturated carbocycles. The fourth-order valence-electron chi connectivity index (χ4n) is 6.10. The molecule has 1 atom stereocenters. The SMILES string of the molecule is O=C(/C=C/c1ccc(-c2ccc([N+](=O)[O-])cc2)o1)Nc1ccc(NC(=O)C(c2ccccc2)N2CCN(CCO)CC2)c(C(=O)c2ccccc2)c1. The fourth-order valence-corrected chi connectivity index (χ4v) is 6.10. The number of hydrogen-bond donors (Lipinski definition) is 3. The van der Waals surface area contributed by atoms with E-state index in [-0.39, 0.29) is 29.5 Å². The van der Waals surface area contributed by atoms with Crippen molar-refractivity contribution in [2.45, 2.75) is 6.04 Å². The van der Waals surface area contributed by atoms with Crippen LogP contribution >= 0.6 is 0 Å². The summed E-state index contributed by atoms with van der Waals surface area (Å²) >= 11 is 0. The number of nitrogens with one attached hydrogen (secondary N) is 2. The first kappa shape index (κ1) is 35.6. The van der Waals surface area contributed by atoms with Crippen LogP contribution in [0.25, 0.3) is 17.4 Å². The van der Waals surface area contributed by atoms with Crippen molar-refractivity contribution in [2.24, 2.45) is 0 Å². The number of carbonyl (C=O) groups is 3. The number of non-ortho nitro benzene ring substituents is 1. The summed E-state index contributed by atoms with van der Waals surface area (Å²) in [6.45, 7) is 3.31. The van der Waals surface area contributed by atoms with Gasteiger partial charge in [-0.25, -0.2) is 0 Å². The molecule has 6 rings (SSSR count). The minimum absolute atomic E-state index is 0.0305. The van der Waals surface area contributed by atoms with E-state index in [1.54, 1.807) is 72.8 Å². The summed E-state index contributed by atoms with van der Waals surface area (Å²) in [7, 11) is 0. The lowest BCUT2D eigenvalue weighted by molar-refractivity contribution is -0.384. The lowest BCUT2D eigenvalue weighted by Gasteiger charge is -2.38. The summed E-state index contributed by atoms with van der Waals surface area (Å²) in [5, 5.41) is 26.1. The second kappa shape index (κ2) is 16.7. The largest absolute Gasteiger partial charge is 0.457 e. The maximum absolute atomic E-state index is 14.1. The summed E-state index contributed by atoms with van der Waals surface area (Å²) in [6.07, 6.45) is 2.78. The number of anilines is 2. The van der Waals surface area contributed by atoms with Gasteiger partial charge in [-0.2, -0.15) is 0 Å². The van der Waals surface area contributed by atoms with E-state index in [0.717, 1.165) is 5.56 Å². The Labute approximate surface area is 300 Å². The molecule has 1 unspecified atom stereocenters. The zero-order valence-electron chi connectivity index (χ0n) is 28.2. The predicted octanol–water partition coefficient (Wildman–Crippen LogP) is 6.03. The highest BCUT2D eigenvalue weighted by Gasteiger charge is 2.31. The van der Waals surface area contributed by atoms with Crippen LogP contribution in [0.15, 0.2) is 126 Å². The van der Waals surface area contributed by atoms with Crippen molar-refractivity contribution in [3.05, 3.63) is 154 Å². The quantitative estimate of drug-likeness (QED) is 0.0578. The molecule has 4 aromatic carbocycles. The van der Waals surface area contributed by atoms with Crippen LogP contribution in [0.2, 0.25) is 0 Å². The molecule has 0 radical (unpaired) electrons. The fraction of sp³-hybridized carbons (Fsp3) is 0.175. The molecule has 3 N–H and O–H groups in total. The molecule has 1 saturated heterocycles. The minimum Gasteiger partial charge on any atom is -0.457 e. The minimum atomic E-state index is -0.621. The van der Waals surface area contributed by atoms with Crippen LogP contribution in [0.4, 0.5) is 17.1 Å². The Bertz CT molecular complexity index is 2060. The molecular weight excluding hydrogens is 662 g/mol. The highest BCUT2D eigenvalue weighted by molar-refractivity contribution is 6.15. The molecule has 5 aromatic rings. The molecule has 1 aliphatic heterocycles. The van der Waals surface area contributed by atoms with E-state index < -0.39 is 16.9 Å². The monoisotopic (exact) mass is 699 g/mol. The second-order valence-corrected chi connectivity index (χ2v) is 12.2. The van der Waals surface area contributed by atoms with Crippen molar-refractivity contribution in [3.63, 3.8) is 0 Å². The van der Waals surface area contributed by atoms with E-state index in [4.69, 9.17) is 4.42 Å². The van der Waals surface area contributed by atoms with Crippen molar-refractivity contribution < 1.29 is 28.8 Å². The third-order valence-corrected chi connectivity index (χ3v) is 8.77. The van der Waals surface area contributed by atoms with Gasteiger partial charge in [0.05, 0.1) is 17.2 Å². The molecule has 1 aromatic heterocycles. The first-order chi connectivity index (χ1) is 25.3. The maximum Gasteiger partial charge on any atom is 0.269 e.